The number of allylic oxidation sites excluding steroid dienone is 1. The van der Waals surface area contributed by atoms with Gasteiger partial charge in [0.25, 0.3) is 0 Å². The van der Waals surface area contributed by atoms with Crippen LogP contribution in [-0.2, 0) is 0 Å². The number of aliphatic hydroxyl groups is 1. The van der Waals surface area contributed by atoms with Gasteiger partial charge in [0.2, 0.25) is 0 Å². The van der Waals surface area contributed by atoms with Gasteiger partial charge in [-0.25, -0.2) is 0 Å². The van der Waals surface area contributed by atoms with Crippen molar-refractivity contribution < 1.29 is 5.11 Å². The number of thioether (sulfide) groups is 1. The highest BCUT2D eigenvalue weighted by atomic mass is 32.2. The Labute approximate surface area is 67.5 Å². The quantitative estimate of drug-likeness (QED) is 0.490. The molecule has 0 fully saturated rings. The highest BCUT2D eigenvalue weighted by molar-refractivity contribution is 7.99. The third kappa shape index (κ3) is 8.05. The summed E-state index contributed by atoms with van der Waals surface area (Å²) in [4.78, 5) is 0. The van der Waals surface area contributed by atoms with Gasteiger partial charge in [0.15, 0.2) is 0 Å². The zero-order chi connectivity index (χ0) is 7.82. The fourth-order valence-electron chi connectivity index (χ4n) is 0.544. The molecular weight excluding hydrogens is 144 g/mol. The molecule has 0 aliphatic carbocycles. The zero-order valence-corrected chi connectivity index (χ0v) is 7.53. The Morgan fingerprint density at radius 1 is 1.50 bits per heavy atom. The van der Waals surface area contributed by atoms with Gasteiger partial charge in [-0.05, 0) is 5.92 Å². The van der Waals surface area contributed by atoms with Crippen molar-refractivity contribution in [3.63, 3.8) is 0 Å². The van der Waals surface area contributed by atoms with Crippen LogP contribution in [0, 0.1) is 5.92 Å². The normalized spacial score (nSPS) is 11.6. The van der Waals surface area contributed by atoms with Crippen LogP contribution in [-0.4, -0.2) is 23.2 Å². The molecule has 2 heteroatoms. The molecule has 0 bridgehead atoms. The minimum Gasteiger partial charge on any atom is -0.396 e. The van der Waals surface area contributed by atoms with Crippen LogP contribution in [0.4, 0.5) is 0 Å². The fourth-order valence-corrected chi connectivity index (χ4v) is 1.09. The Morgan fingerprint density at radius 3 is 2.70 bits per heavy atom. The van der Waals surface area contributed by atoms with Gasteiger partial charge in [0, 0.05) is 11.5 Å². The summed E-state index contributed by atoms with van der Waals surface area (Å²) >= 11 is 1.76. The van der Waals surface area contributed by atoms with Gasteiger partial charge in [0.05, 0.1) is 6.61 Å². The second-order valence-electron chi connectivity index (χ2n) is 2.47. The Kier molecular flexibility index (Phi) is 7.20. The molecule has 1 nitrogen and oxygen atoms in total. The molecule has 0 aromatic carbocycles. The molecule has 0 aliphatic rings. The van der Waals surface area contributed by atoms with Gasteiger partial charge in [-0.15, -0.1) is 0 Å². The second-order valence-corrected chi connectivity index (χ2v) is 3.62. The lowest BCUT2D eigenvalue weighted by molar-refractivity contribution is 0.322. The van der Waals surface area contributed by atoms with E-state index in [4.69, 9.17) is 5.11 Å². The molecule has 0 saturated carbocycles. The maximum atomic E-state index is 8.43. The highest BCUT2D eigenvalue weighted by Crippen LogP contribution is 2.00. The topological polar surface area (TPSA) is 20.2 Å². The summed E-state index contributed by atoms with van der Waals surface area (Å²) in [6, 6.07) is 0. The number of hydrogen-bond acceptors (Lipinski definition) is 2. The van der Waals surface area contributed by atoms with Gasteiger partial charge in [-0.1, -0.05) is 26.0 Å². The van der Waals surface area contributed by atoms with Crippen LogP contribution in [0.2, 0.25) is 0 Å². The van der Waals surface area contributed by atoms with Crippen molar-refractivity contribution in [2.45, 2.75) is 13.8 Å². The minimum atomic E-state index is 0.292. The first-order valence-electron chi connectivity index (χ1n) is 3.62. The molecule has 0 saturated heterocycles. The second kappa shape index (κ2) is 7.16. The number of rotatable bonds is 5. The van der Waals surface area contributed by atoms with Crippen molar-refractivity contribution in [3.05, 3.63) is 12.2 Å². The van der Waals surface area contributed by atoms with Crippen LogP contribution >= 0.6 is 11.8 Å². The summed E-state index contributed by atoms with van der Waals surface area (Å²) in [6.07, 6.45) is 4.34. The Balaban J connectivity index is 3.02. The van der Waals surface area contributed by atoms with Gasteiger partial charge < -0.3 is 5.11 Å². The Hall–Kier alpha value is 0.0500. The SMILES string of the molecule is CC(C)/C=C/CSCCO. The molecular formula is C8H16OS. The van der Waals surface area contributed by atoms with Gasteiger partial charge in [-0.3, -0.25) is 0 Å². The van der Waals surface area contributed by atoms with E-state index in [0.29, 0.717) is 12.5 Å². The van der Waals surface area contributed by atoms with E-state index in [9.17, 15) is 0 Å². The largest absolute Gasteiger partial charge is 0.396 e. The molecule has 0 amide bonds. The average molecular weight is 160 g/mol. The van der Waals surface area contributed by atoms with Crippen molar-refractivity contribution in [1.82, 2.24) is 0 Å². The maximum Gasteiger partial charge on any atom is 0.0521 e. The molecule has 1 N–H and O–H groups in total. The van der Waals surface area contributed by atoms with E-state index in [1.807, 2.05) is 0 Å². The smallest absolute Gasteiger partial charge is 0.0521 e. The van der Waals surface area contributed by atoms with E-state index in [2.05, 4.69) is 26.0 Å². The predicted molar refractivity (Wildman–Crippen MR) is 48.4 cm³/mol. The van der Waals surface area contributed by atoms with E-state index >= 15 is 0 Å². The van der Waals surface area contributed by atoms with Gasteiger partial charge in [-0.2, -0.15) is 11.8 Å². The summed E-state index contributed by atoms with van der Waals surface area (Å²) in [5, 5.41) is 8.43. The molecule has 0 radical (unpaired) electrons. The van der Waals surface area contributed by atoms with Gasteiger partial charge in [0.1, 0.15) is 0 Å². The lowest BCUT2D eigenvalue weighted by Gasteiger charge is -1.94. The summed E-state index contributed by atoms with van der Waals surface area (Å²) in [7, 11) is 0. The van der Waals surface area contributed by atoms with Crippen molar-refractivity contribution in [1.29, 1.82) is 0 Å². The highest BCUT2D eigenvalue weighted by Gasteiger charge is 1.84. The van der Waals surface area contributed by atoms with E-state index in [0.717, 1.165) is 11.5 Å². The lowest BCUT2D eigenvalue weighted by Crippen LogP contribution is -1.86. The van der Waals surface area contributed by atoms with Crippen LogP contribution < -0.4 is 0 Å². The lowest BCUT2D eigenvalue weighted by atomic mass is 10.2. The summed E-state index contributed by atoms with van der Waals surface area (Å²) in [5.41, 5.74) is 0. The molecule has 0 aromatic heterocycles. The summed E-state index contributed by atoms with van der Waals surface area (Å²) in [5.74, 6) is 2.52. The monoisotopic (exact) mass is 160 g/mol. The van der Waals surface area contributed by atoms with Crippen molar-refractivity contribution in [2.75, 3.05) is 18.1 Å². The molecule has 0 spiro atoms. The molecule has 0 aliphatic heterocycles. The summed E-state index contributed by atoms with van der Waals surface area (Å²) < 4.78 is 0. The predicted octanol–water partition coefficient (Wildman–Crippen LogP) is 1.92. The Bertz CT molecular complexity index is 89.3. The van der Waals surface area contributed by atoms with Crippen LogP contribution in [0.3, 0.4) is 0 Å². The van der Waals surface area contributed by atoms with Crippen molar-refractivity contribution >= 4 is 11.8 Å². The van der Waals surface area contributed by atoms with Crippen LogP contribution in [0.1, 0.15) is 13.8 Å². The third-order valence-corrected chi connectivity index (χ3v) is 1.87. The summed E-state index contributed by atoms with van der Waals surface area (Å²) in [6.45, 7) is 4.61. The molecule has 0 unspecified atom stereocenters. The third-order valence-electron chi connectivity index (χ3n) is 0.971. The van der Waals surface area contributed by atoms with E-state index in [1.165, 1.54) is 0 Å². The Morgan fingerprint density at radius 2 is 2.20 bits per heavy atom. The van der Waals surface area contributed by atoms with E-state index in [1.54, 1.807) is 11.8 Å². The first-order chi connectivity index (χ1) is 4.77. The van der Waals surface area contributed by atoms with Crippen LogP contribution in [0.25, 0.3) is 0 Å². The van der Waals surface area contributed by atoms with Crippen LogP contribution in [0.15, 0.2) is 12.2 Å². The van der Waals surface area contributed by atoms with Crippen molar-refractivity contribution in [2.24, 2.45) is 5.92 Å². The van der Waals surface area contributed by atoms with Crippen molar-refractivity contribution in [3.8, 4) is 0 Å². The standard InChI is InChI=1S/C8H16OS/c1-8(2)4-3-6-10-7-5-9/h3-4,8-9H,5-7H2,1-2H3/b4-3+. The molecule has 0 atom stereocenters. The van der Waals surface area contributed by atoms with Gasteiger partial charge >= 0.3 is 0 Å². The number of hydrogen-bond donors (Lipinski definition) is 1. The van der Waals surface area contributed by atoms with E-state index < -0.39 is 0 Å². The zero-order valence-electron chi connectivity index (χ0n) is 6.71. The van der Waals surface area contributed by atoms with Crippen LogP contribution in [0.5, 0.6) is 0 Å². The molecule has 0 aromatic rings. The van der Waals surface area contributed by atoms with E-state index in [-0.39, 0.29) is 0 Å². The maximum absolute atomic E-state index is 8.43. The minimum absolute atomic E-state index is 0.292. The first kappa shape index (κ1) is 10.0. The first-order valence-corrected chi connectivity index (χ1v) is 4.78. The average Bonchev–Trinajstić information content (AvgIpc) is 1.87. The molecule has 60 valence electrons. The molecule has 10 heavy (non-hydrogen) atoms. The molecule has 0 heterocycles. The number of aliphatic hydroxyl groups excluding tert-OH is 1. The fraction of sp³-hybridized carbons (Fsp3) is 0.750. The molecule has 0 rings (SSSR count).